The summed E-state index contributed by atoms with van der Waals surface area (Å²) < 4.78 is 13.0. The van der Waals surface area contributed by atoms with Crippen LogP contribution in [0.2, 0.25) is 0 Å². The lowest BCUT2D eigenvalue weighted by atomic mass is 10.1. The van der Waals surface area contributed by atoms with E-state index in [1.807, 2.05) is 0 Å². The van der Waals surface area contributed by atoms with Crippen LogP contribution < -0.4 is 11.1 Å². The molecule has 0 bridgehead atoms. The van der Waals surface area contributed by atoms with Crippen LogP contribution in [0.1, 0.15) is 16.2 Å². The van der Waals surface area contributed by atoms with E-state index in [1.165, 1.54) is 18.5 Å². The van der Waals surface area contributed by atoms with Gasteiger partial charge in [-0.3, -0.25) is 9.89 Å². The molecule has 18 heavy (non-hydrogen) atoms. The van der Waals surface area contributed by atoms with Gasteiger partial charge in [-0.25, -0.2) is 9.37 Å². The Labute approximate surface area is 102 Å². The molecule has 4 N–H and O–H groups in total. The maximum atomic E-state index is 13.0. The van der Waals surface area contributed by atoms with Gasteiger partial charge in [-0.1, -0.05) is 0 Å². The number of rotatable bonds is 4. The van der Waals surface area contributed by atoms with Crippen LogP contribution in [0.5, 0.6) is 0 Å². The van der Waals surface area contributed by atoms with E-state index in [2.05, 4.69) is 20.5 Å². The van der Waals surface area contributed by atoms with Gasteiger partial charge < -0.3 is 11.1 Å². The van der Waals surface area contributed by atoms with Crippen LogP contribution in [-0.2, 0) is 6.42 Å². The third kappa shape index (κ3) is 2.82. The molecule has 6 nitrogen and oxygen atoms in total. The molecule has 1 aromatic heterocycles. The van der Waals surface area contributed by atoms with Crippen LogP contribution >= 0.6 is 0 Å². The predicted molar refractivity (Wildman–Crippen MR) is 63.2 cm³/mol. The summed E-state index contributed by atoms with van der Waals surface area (Å²) in [6.07, 6.45) is 1.91. The van der Waals surface area contributed by atoms with Crippen LogP contribution in [0.25, 0.3) is 0 Å². The highest BCUT2D eigenvalue weighted by Gasteiger charge is 2.10. The fraction of sp³-hybridized carbons (Fsp3) is 0.182. The number of anilines is 1. The van der Waals surface area contributed by atoms with Gasteiger partial charge >= 0.3 is 0 Å². The number of halogens is 1. The van der Waals surface area contributed by atoms with Crippen molar-refractivity contribution in [2.75, 3.05) is 12.3 Å². The molecule has 0 radical (unpaired) electrons. The summed E-state index contributed by atoms with van der Waals surface area (Å²) in [5, 5.41) is 8.99. The van der Waals surface area contributed by atoms with Crippen molar-refractivity contribution in [1.29, 1.82) is 0 Å². The molecule has 1 amide bonds. The van der Waals surface area contributed by atoms with Crippen LogP contribution in [-0.4, -0.2) is 27.6 Å². The summed E-state index contributed by atoms with van der Waals surface area (Å²) in [6.45, 7) is 0.365. The molecule has 0 aliphatic rings. The van der Waals surface area contributed by atoms with E-state index in [4.69, 9.17) is 5.73 Å². The standard InChI is InChI=1S/C11H12FN5O/c12-7-1-2-9(13)8(5-7)11(18)14-4-3-10-15-6-16-17-10/h1-2,5-6H,3-4,13H2,(H,14,18)(H,15,16,17). The number of carbonyl (C=O) groups excluding carboxylic acids is 1. The molecule has 7 heteroatoms. The zero-order valence-electron chi connectivity index (χ0n) is 9.48. The van der Waals surface area contributed by atoms with E-state index < -0.39 is 11.7 Å². The lowest BCUT2D eigenvalue weighted by Crippen LogP contribution is -2.26. The number of nitrogens with zero attached hydrogens (tertiary/aromatic N) is 2. The average molecular weight is 249 g/mol. The minimum atomic E-state index is -0.496. The number of nitrogens with one attached hydrogen (secondary N) is 2. The van der Waals surface area contributed by atoms with E-state index in [1.54, 1.807) is 0 Å². The van der Waals surface area contributed by atoms with Crippen molar-refractivity contribution in [2.45, 2.75) is 6.42 Å². The maximum absolute atomic E-state index is 13.0. The third-order valence-corrected chi connectivity index (χ3v) is 2.37. The summed E-state index contributed by atoms with van der Waals surface area (Å²) in [5.74, 6) is -0.237. The second-order valence-corrected chi connectivity index (χ2v) is 3.67. The van der Waals surface area contributed by atoms with Gasteiger partial charge in [0.05, 0.1) is 5.56 Å². The maximum Gasteiger partial charge on any atom is 0.253 e. The van der Waals surface area contributed by atoms with Gasteiger partial charge in [0.1, 0.15) is 18.0 Å². The summed E-state index contributed by atoms with van der Waals surface area (Å²) in [4.78, 5) is 15.7. The summed E-state index contributed by atoms with van der Waals surface area (Å²) in [7, 11) is 0. The van der Waals surface area contributed by atoms with Crippen LogP contribution in [0.3, 0.4) is 0 Å². The van der Waals surface area contributed by atoms with Crippen LogP contribution in [0.15, 0.2) is 24.5 Å². The monoisotopic (exact) mass is 249 g/mol. The Morgan fingerprint density at radius 2 is 2.33 bits per heavy atom. The first-order chi connectivity index (χ1) is 8.66. The van der Waals surface area contributed by atoms with Gasteiger partial charge in [0.15, 0.2) is 0 Å². The zero-order valence-corrected chi connectivity index (χ0v) is 9.48. The number of hydrogen-bond donors (Lipinski definition) is 3. The van der Waals surface area contributed by atoms with E-state index in [9.17, 15) is 9.18 Å². The topological polar surface area (TPSA) is 96.7 Å². The lowest BCUT2D eigenvalue weighted by Gasteiger charge is -2.06. The van der Waals surface area contributed by atoms with Gasteiger partial charge in [0, 0.05) is 18.7 Å². The van der Waals surface area contributed by atoms with Crippen molar-refractivity contribution in [3.05, 3.63) is 41.7 Å². The van der Waals surface area contributed by atoms with Crippen molar-refractivity contribution in [1.82, 2.24) is 20.5 Å². The van der Waals surface area contributed by atoms with E-state index in [0.29, 0.717) is 18.8 Å². The zero-order chi connectivity index (χ0) is 13.0. The molecule has 0 saturated carbocycles. The number of carbonyl (C=O) groups is 1. The van der Waals surface area contributed by atoms with E-state index >= 15 is 0 Å². The molecule has 2 aromatic rings. The van der Waals surface area contributed by atoms with Crippen LogP contribution in [0.4, 0.5) is 10.1 Å². The highest BCUT2D eigenvalue weighted by atomic mass is 19.1. The molecule has 2 rings (SSSR count). The molecule has 0 fully saturated rings. The molecule has 1 aromatic carbocycles. The normalized spacial score (nSPS) is 10.3. The molecule has 94 valence electrons. The minimum absolute atomic E-state index is 0.132. The quantitative estimate of drug-likeness (QED) is 0.687. The van der Waals surface area contributed by atoms with Gasteiger partial charge in [-0.05, 0) is 18.2 Å². The van der Waals surface area contributed by atoms with E-state index in [-0.39, 0.29) is 11.3 Å². The second kappa shape index (κ2) is 5.26. The van der Waals surface area contributed by atoms with Crippen molar-refractivity contribution in [2.24, 2.45) is 0 Å². The summed E-state index contributed by atoms with van der Waals surface area (Å²) in [5.41, 5.74) is 5.98. The fourth-order valence-corrected chi connectivity index (χ4v) is 1.47. The van der Waals surface area contributed by atoms with Crippen LogP contribution in [0, 0.1) is 5.82 Å². The van der Waals surface area contributed by atoms with Crippen molar-refractivity contribution < 1.29 is 9.18 Å². The molecule has 0 aliphatic heterocycles. The molecular formula is C11H12FN5O. The van der Waals surface area contributed by atoms with Crippen molar-refractivity contribution >= 4 is 11.6 Å². The number of aromatic amines is 1. The number of benzene rings is 1. The minimum Gasteiger partial charge on any atom is -0.398 e. The van der Waals surface area contributed by atoms with Gasteiger partial charge in [-0.15, -0.1) is 0 Å². The fourth-order valence-electron chi connectivity index (χ4n) is 1.47. The highest BCUT2D eigenvalue weighted by molar-refractivity contribution is 5.99. The number of nitrogen functional groups attached to an aromatic ring is 1. The Morgan fingerprint density at radius 1 is 1.50 bits per heavy atom. The molecule has 0 unspecified atom stereocenters. The lowest BCUT2D eigenvalue weighted by molar-refractivity contribution is 0.0954. The van der Waals surface area contributed by atoms with E-state index in [0.717, 1.165) is 6.07 Å². The number of nitrogens with two attached hydrogens (primary N) is 1. The first kappa shape index (κ1) is 12.0. The van der Waals surface area contributed by atoms with Crippen molar-refractivity contribution in [3.63, 3.8) is 0 Å². The van der Waals surface area contributed by atoms with Gasteiger partial charge in [-0.2, -0.15) is 5.10 Å². The third-order valence-electron chi connectivity index (χ3n) is 2.37. The Balaban J connectivity index is 1.93. The van der Waals surface area contributed by atoms with Gasteiger partial charge in [0.2, 0.25) is 0 Å². The molecule has 1 heterocycles. The number of aromatic nitrogens is 3. The molecule has 0 aliphatic carbocycles. The Kier molecular flexibility index (Phi) is 3.52. The number of amides is 1. The number of hydrogen-bond acceptors (Lipinski definition) is 4. The molecule has 0 saturated heterocycles. The second-order valence-electron chi connectivity index (χ2n) is 3.67. The molecular weight excluding hydrogens is 237 g/mol. The largest absolute Gasteiger partial charge is 0.398 e. The van der Waals surface area contributed by atoms with Gasteiger partial charge in [0.25, 0.3) is 5.91 Å². The summed E-state index contributed by atoms with van der Waals surface area (Å²) in [6, 6.07) is 3.68. The Bertz CT molecular complexity index is 540. The predicted octanol–water partition coefficient (Wildman–Crippen LogP) is 0.499. The average Bonchev–Trinajstić information content (AvgIpc) is 2.85. The molecule has 0 atom stereocenters. The Morgan fingerprint density at radius 3 is 3.06 bits per heavy atom. The summed E-state index contributed by atoms with van der Waals surface area (Å²) >= 11 is 0. The smallest absolute Gasteiger partial charge is 0.253 e. The Hall–Kier alpha value is -2.44. The first-order valence-corrected chi connectivity index (χ1v) is 5.34. The highest BCUT2D eigenvalue weighted by Crippen LogP contribution is 2.12. The molecule has 0 spiro atoms. The first-order valence-electron chi connectivity index (χ1n) is 5.34. The van der Waals surface area contributed by atoms with Crippen molar-refractivity contribution in [3.8, 4) is 0 Å². The SMILES string of the molecule is Nc1ccc(F)cc1C(=O)NCCc1ncn[nH]1. The number of H-pyrrole nitrogens is 1.